The second-order valence-electron chi connectivity index (χ2n) is 4.60. The summed E-state index contributed by atoms with van der Waals surface area (Å²) < 4.78 is 39.7. The Morgan fingerprint density at radius 2 is 2.20 bits per heavy atom. The van der Waals surface area contributed by atoms with E-state index in [9.17, 15) is 17.1 Å². The summed E-state index contributed by atoms with van der Waals surface area (Å²) in [6, 6.07) is 5.11. The van der Waals surface area contributed by atoms with Gasteiger partial charge in [-0.25, -0.2) is 0 Å². The first-order chi connectivity index (χ1) is 9.30. The summed E-state index contributed by atoms with van der Waals surface area (Å²) in [6.45, 7) is 0.187. The van der Waals surface area contributed by atoms with Gasteiger partial charge in [-0.3, -0.25) is 4.79 Å². The lowest BCUT2D eigenvalue weighted by Gasteiger charge is -2.18. The highest BCUT2D eigenvalue weighted by Crippen LogP contribution is 2.34. The summed E-state index contributed by atoms with van der Waals surface area (Å²) >= 11 is 3.34. The van der Waals surface area contributed by atoms with Crippen molar-refractivity contribution in [1.29, 1.82) is 0 Å². The molecule has 1 atom stereocenters. The molecule has 0 bridgehead atoms. The Balaban J connectivity index is 2.20. The first kappa shape index (κ1) is 15.2. The zero-order valence-corrected chi connectivity index (χ0v) is 13.1. The van der Waals surface area contributed by atoms with Crippen molar-refractivity contribution in [3.05, 3.63) is 22.7 Å². The molecule has 1 aliphatic heterocycles. The number of ether oxygens (including phenoxy) is 1. The lowest BCUT2D eigenvalue weighted by molar-refractivity contribution is -0.117. The van der Waals surface area contributed by atoms with Crippen LogP contribution in [0, 0.1) is 5.92 Å². The Labute approximate surface area is 125 Å². The average Bonchev–Trinajstić information content (AvgIpc) is 2.67. The molecule has 1 amide bonds. The molecular weight excluding hydrogens is 353 g/mol. The Bertz CT molecular complexity index is 634. The van der Waals surface area contributed by atoms with Crippen molar-refractivity contribution in [3.8, 4) is 5.75 Å². The van der Waals surface area contributed by atoms with Crippen LogP contribution in [-0.2, 0) is 15.0 Å². The van der Waals surface area contributed by atoms with Crippen LogP contribution in [0.15, 0.2) is 22.7 Å². The lowest BCUT2D eigenvalue weighted by atomic mass is 10.1. The molecule has 1 aromatic rings. The van der Waals surface area contributed by atoms with Crippen molar-refractivity contribution >= 4 is 37.7 Å². The Morgan fingerprint density at radius 3 is 2.75 bits per heavy atom. The van der Waals surface area contributed by atoms with Gasteiger partial charge >= 0.3 is 10.2 Å². The van der Waals surface area contributed by atoms with Gasteiger partial charge in [0.1, 0.15) is 5.75 Å². The van der Waals surface area contributed by atoms with E-state index in [0.29, 0.717) is 15.9 Å². The molecule has 0 radical (unpaired) electrons. The number of carbonyl (C=O) groups is 1. The quantitative estimate of drug-likeness (QED) is 0.766. The molecule has 0 N–H and O–H groups in total. The van der Waals surface area contributed by atoms with E-state index in [2.05, 4.69) is 15.9 Å². The monoisotopic (exact) mass is 365 g/mol. The number of methoxy groups -OCH3 is 1. The molecule has 0 spiro atoms. The maximum atomic E-state index is 12.7. The maximum Gasteiger partial charge on any atom is 0.302 e. The third-order valence-electron chi connectivity index (χ3n) is 3.09. The lowest BCUT2D eigenvalue weighted by Crippen LogP contribution is -2.25. The van der Waals surface area contributed by atoms with Gasteiger partial charge in [-0.2, -0.15) is 8.42 Å². The Hall–Kier alpha value is -1.15. The van der Waals surface area contributed by atoms with Gasteiger partial charge in [-0.05, 0) is 34.1 Å². The van der Waals surface area contributed by atoms with Crippen LogP contribution in [0.1, 0.15) is 6.42 Å². The van der Waals surface area contributed by atoms with Crippen molar-refractivity contribution in [2.45, 2.75) is 6.42 Å². The van der Waals surface area contributed by atoms with Crippen molar-refractivity contribution in [3.63, 3.8) is 0 Å². The first-order valence-corrected chi connectivity index (χ1v) is 8.21. The predicted molar refractivity (Wildman–Crippen MR) is 76.0 cm³/mol. The first-order valence-electron chi connectivity index (χ1n) is 5.86. The second-order valence-corrected chi connectivity index (χ2v) is 6.86. The van der Waals surface area contributed by atoms with Crippen molar-refractivity contribution in [2.75, 3.05) is 24.3 Å². The number of halogens is 2. The van der Waals surface area contributed by atoms with Crippen LogP contribution in [0.4, 0.5) is 9.57 Å². The largest absolute Gasteiger partial charge is 0.497 e. The van der Waals surface area contributed by atoms with Crippen molar-refractivity contribution in [2.24, 2.45) is 5.92 Å². The van der Waals surface area contributed by atoms with E-state index in [1.807, 2.05) is 0 Å². The Kier molecular flexibility index (Phi) is 4.33. The van der Waals surface area contributed by atoms with E-state index in [1.54, 1.807) is 18.2 Å². The number of nitrogens with zero attached hydrogens (tertiary/aromatic N) is 1. The van der Waals surface area contributed by atoms with E-state index in [-0.39, 0.29) is 18.9 Å². The average molecular weight is 366 g/mol. The number of anilines is 1. The third kappa shape index (κ3) is 3.49. The van der Waals surface area contributed by atoms with Crippen LogP contribution >= 0.6 is 15.9 Å². The van der Waals surface area contributed by atoms with Crippen LogP contribution < -0.4 is 9.64 Å². The summed E-state index contributed by atoms with van der Waals surface area (Å²) in [5.41, 5.74) is 0.620. The molecule has 1 heterocycles. The van der Waals surface area contributed by atoms with Gasteiger partial charge in [0.05, 0.1) is 18.6 Å². The summed E-state index contributed by atoms with van der Waals surface area (Å²) in [5.74, 6) is -0.727. The molecule has 1 saturated heterocycles. The minimum absolute atomic E-state index is 0.0294. The van der Waals surface area contributed by atoms with Gasteiger partial charge in [-0.15, -0.1) is 3.89 Å². The highest BCUT2D eigenvalue weighted by Gasteiger charge is 2.34. The van der Waals surface area contributed by atoms with Crippen LogP contribution in [0.2, 0.25) is 0 Å². The van der Waals surface area contributed by atoms with Crippen molar-refractivity contribution < 1.29 is 21.8 Å². The topological polar surface area (TPSA) is 63.7 Å². The molecule has 5 nitrogen and oxygen atoms in total. The van der Waals surface area contributed by atoms with Gasteiger partial charge in [0.25, 0.3) is 0 Å². The molecule has 8 heteroatoms. The fourth-order valence-corrected chi connectivity index (χ4v) is 3.60. The molecule has 0 aromatic heterocycles. The highest BCUT2D eigenvalue weighted by atomic mass is 79.9. The van der Waals surface area contributed by atoms with Crippen LogP contribution in [0.5, 0.6) is 5.75 Å². The minimum Gasteiger partial charge on any atom is -0.497 e. The van der Waals surface area contributed by atoms with Gasteiger partial charge in [0.15, 0.2) is 0 Å². The number of carbonyl (C=O) groups excluding carboxylic acids is 1. The fraction of sp³-hybridized carbons (Fsp3) is 0.417. The molecule has 0 aliphatic carbocycles. The molecule has 1 unspecified atom stereocenters. The van der Waals surface area contributed by atoms with Crippen LogP contribution in [0.3, 0.4) is 0 Å². The van der Waals surface area contributed by atoms with E-state index >= 15 is 0 Å². The van der Waals surface area contributed by atoms with Crippen LogP contribution in [-0.4, -0.2) is 33.7 Å². The molecular formula is C12H13BrFNO4S. The summed E-state index contributed by atoms with van der Waals surface area (Å²) in [6.07, 6.45) is 0.0294. The molecule has 2 rings (SSSR count). The van der Waals surface area contributed by atoms with Gasteiger partial charge in [-0.1, -0.05) is 0 Å². The molecule has 20 heavy (non-hydrogen) atoms. The summed E-state index contributed by atoms with van der Waals surface area (Å²) in [5, 5.41) is 0. The number of hydrogen-bond acceptors (Lipinski definition) is 4. The molecule has 110 valence electrons. The minimum atomic E-state index is -4.57. The van der Waals surface area contributed by atoms with Crippen molar-refractivity contribution in [1.82, 2.24) is 0 Å². The number of hydrogen-bond donors (Lipinski definition) is 0. The van der Waals surface area contributed by atoms with Crippen LogP contribution in [0.25, 0.3) is 0 Å². The predicted octanol–water partition coefficient (Wildman–Crippen LogP) is 2.11. The molecule has 1 fully saturated rings. The highest BCUT2D eigenvalue weighted by molar-refractivity contribution is 9.10. The van der Waals surface area contributed by atoms with E-state index < -0.39 is 21.9 Å². The van der Waals surface area contributed by atoms with E-state index in [0.717, 1.165) is 0 Å². The Morgan fingerprint density at radius 1 is 1.50 bits per heavy atom. The number of benzene rings is 1. The van der Waals surface area contributed by atoms with E-state index in [1.165, 1.54) is 12.0 Å². The van der Waals surface area contributed by atoms with E-state index in [4.69, 9.17) is 4.74 Å². The van der Waals surface area contributed by atoms with Gasteiger partial charge in [0.2, 0.25) is 5.91 Å². The number of rotatable bonds is 4. The van der Waals surface area contributed by atoms with Gasteiger partial charge in [0, 0.05) is 23.4 Å². The molecule has 1 aliphatic rings. The zero-order chi connectivity index (χ0) is 14.9. The SMILES string of the molecule is COc1ccc(N2CC(CS(=O)(=O)F)CC2=O)c(Br)c1. The third-order valence-corrected chi connectivity index (χ3v) is 4.59. The number of amides is 1. The molecule has 0 saturated carbocycles. The smallest absolute Gasteiger partial charge is 0.302 e. The fourth-order valence-electron chi connectivity index (χ4n) is 2.24. The second kappa shape index (κ2) is 5.69. The summed E-state index contributed by atoms with van der Waals surface area (Å²) in [7, 11) is -3.04. The maximum absolute atomic E-state index is 12.7. The standard InChI is InChI=1S/C12H13BrFNO4S/c1-19-9-2-3-11(10(13)5-9)15-6-8(4-12(15)16)7-20(14,17)18/h2-3,5,8H,4,6-7H2,1H3. The summed E-state index contributed by atoms with van der Waals surface area (Å²) in [4.78, 5) is 13.4. The zero-order valence-electron chi connectivity index (χ0n) is 10.7. The normalized spacial score (nSPS) is 19.4. The molecule has 1 aromatic carbocycles. The van der Waals surface area contributed by atoms with Gasteiger partial charge < -0.3 is 9.64 Å².